The molecule has 0 radical (unpaired) electrons. The Morgan fingerprint density at radius 3 is 2.48 bits per heavy atom. The smallest absolute Gasteiger partial charge is 0.336 e. The predicted octanol–water partition coefficient (Wildman–Crippen LogP) is 2.54. The minimum Gasteiger partial charge on any atom is -0.476 e. The van der Waals surface area contributed by atoms with E-state index in [-0.39, 0.29) is 0 Å². The lowest BCUT2D eigenvalue weighted by Crippen LogP contribution is -2.26. The van der Waals surface area contributed by atoms with Crippen molar-refractivity contribution in [2.24, 2.45) is 5.73 Å². The number of benzene rings is 2. The minimum atomic E-state index is -1.08. The molecule has 1 atom stereocenters. The zero-order valence-electron chi connectivity index (χ0n) is 11.9. The van der Waals surface area contributed by atoms with Crippen LogP contribution in [0.4, 0.5) is 4.39 Å². The SMILES string of the molecule is NC(=O)[C@@H](Oc1ccc2ccc(=O)oc2c1)c1ccc(F)cc1. The Labute approximate surface area is 130 Å². The van der Waals surface area contributed by atoms with E-state index < -0.39 is 23.5 Å². The minimum absolute atomic E-state index is 0.306. The molecule has 0 saturated carbocycles. The Morgan fingerprint density at radius 1 is 1.09 bits per heavy atom. The van der Waals surface area contributed by atoms with E-state index in [4.69, 9.17) is 14.9 Å². The van der Waals surface area contributed by atoms with Crippen molar-refractivity contribution in [2.75, 3.05) is 0 Å². The third-order valence-electron chi connectivity index (χ3n) is 3.28. The molecule has 0 spiro atoms. The lowest BCUT2D eigenvalue weighted by Gasteiger charge is -2.16. The predicted molar refractivity (Wildman–Crippen MR) is 81.4 cm³/mol. The number of carbonyl (C=O) groups excluding carboxylic acids is 1. The van der Waals surface area contributed by atoms with Crippen LogP contribution in [-0.2, 0) is 4.79 Å². The molecule has 2 N–H and O–H groups in total. The molecule has 0 aliphatic rings. The van der Waals surface area contributed by atoms with Gasteiger partial charge in [-0.3, -0.25) is 4.79 Å². The maximum Gasteiger partial charge on any atom is 0.336 e. The first-order valence-corrected chi connectivity index (χ1v) is 6.78. The van der Waals surface area contributed by atoms with Crippen molar-refractivity contribution in [3.05, 3.63) is 76.4 Å². The number of hydrogen-bond donors (Lipinski definition) is 1. The first kappa shape index (κ1) is 14.8. The first-order valence-electron chi connectivity index (χ1n) is 6.78. The van der Waals surface area contributed by atoms with Gasteiger partial charge in [-0.05, 0) is 30.3 Å². The normalized spacial score (nSPS) is 12.0. The van der Waals surface area contributed by atoms with E-state index in [1.807, 2.05) is 0 Å². The number of rotatable bonds is 4. The fourth-order valence-corrected chi connectivity index (χ4v) is 2.18. The number of halogens is 1. The van der Waals surface area contributed by atoms with Gasteiger partial charge in [0.15, 0.2) is 0 Å². The molecule has 23 heavy (non-hydrogen) atoms. The van der Waals surface area contributed by atoms with Gasteiger partial charge in [0.1, 0.15) is 17.1 Å². The highest BCUT2D eigenvalue weighted by atomic mass is 19.1. The molecular formula is C17H12FNO4. The van der Waals surface area contributed by atoms with E-state index in [0.717, 1.165) is 0 Å². The molecule has 0 aliphatic carbocycles. The molecule has 1 heterocycles. The molecule has 1 amide bonds. The second-order valence-corrected chi connectivity index (χ2v) is 4.91. The van der Waals surface area contributed by atoms with Crippen molar-refractivity contribution in [2.45, 2.75) is 6.10 Å². The average molecular weight is 313 g/mol. The quantitative estimate of drug-likeness (QED) is 0.750. The summed E-state index contributed by atoms with van der Waals surface area (Å²) in [5.74, 6) is -0.837. The first-order chi connectivity index (χ1) is 11.0. The number of fused-ring (bicyclic) bond motifs is 1. The Kier molecular flexibility index (Phi) is 3.80. The summed E-state index contributed by atoms with van der Waals surface area (Å²) in [5, 5.41) is 0.717. The topological polar surface area (TPSA) is 82.5 Å². The van der Waals surface area contributed by atoms with Crippen molar-refractivity contribution >= 4 is 16.9 Å². The van der Waals surface area contributed by atoms with Crippen LogP contribution in [0.3, 0.4) is 0 Å². The van der Waals surface area contributed by atoms with Crippen molar-refractivity contribution < 1.29 is 18.3 Å². The molecule has 1 aromatic heterocycles. The van der Waals surface area contributed by atoms with Crippen LogP contribution in [0.25, 0.3) is 11.0 Å². The Morgan fingerprint density at radius 2 is 1.78 bits per heavy atom. The van der Waals surface area contributed by atoms with Gasteiger partial charge in [0.2, 0.25) is 6.10 Å². The molecule has 6 heteroatoms. The highest BCUT2D eigenvalue weighted by molar-refractivity contribution is 5.81. The van der Waals surface area contributed by atoms with Crippen LogP contribution < -0.4 is 16.1 Å². The molecule has 2 aromatic carbocycles. The maximum atomic E-state index is 13.0. The number of carbonyl (C=O) groups is 1. The molecule has 0 saturated heterocycles. The van der Waals surface area contributed by atoms with Gasteiger partial charge in [0.05, 0.1) is 0 Å². The van der Waals surface area contributed by atoms with Crippen LogP contribution in [0, 0.1) is 5.82 Å². The average Bonchev–Trinajstić information content (AvgIpc) is 2.53. The van der Waals surface area contributed by atoms with Gasteiger partial charge >= 0.3 is 5.63 Å². The molecule has 0 bridgehead atoms. The molecule has 5 nitrogen and oxygen atoms in total. The van der Waals surface area contributed by atoms with Crippen molar-refractivity contribution in [1.29, 1.82) is 0 Å². The lowest BCUT2D eigenvalue weighted by molar-refractivity contribution is -0.125. The Bertz CT molecular complexity index is 918. The summed E-state index contributed by atoms with van der Waals surface area (Å²) in [7, 11) is 0. The largest absolute Gasteiger partial charge is 0.476 e. The second kappa shape index (κ2) is 5.92. The fourth-order valence-electron chi connectivity index (χ4n) is 2.18. The van der Waals surface area contributed by atoms with E-state index in [1.54, 1.807) is 18.2 Å². The zero-order valence-corrected chi connectivity index (χ0v) is 11.9. The number of amides is 1. The van der Waals surface area contributed by atoms with E-state index in [9.17, 15) is 14.0 Å². The summed E-state index contributed by atoms with van der Waals surface area (Å²) in [6.45, 7) is 0. The highest BCUT2D eigenvalue weighted by Crippen LogP contribution is 2.25. The van der Waals surface area contributed by atoms with E-state index in [0.29, 0.717) is 22.3 Å². The fraction of sp³-hybridized carbons (Fsp3) is 0.0588. The van der Waals surface area contributed by atoms with Gasteiger partial charge in [-0.15, -0.1) is 0 Å². The van der Waals surface area contributed by atoms with Crippen molar-refractivity contribution in [3.63, 3.8) is 0 Å². The summed E-state index contributed by atoms with van der Waals surface area (Å²) in [4.78, 5) is 22.9. The summed E-state index contributed by atoms with van der Waals surface area (Å²) >= 11 is 0. The van der Waals surface area contributed by atoms with E-state index in [1.165, 1.54) is 36.4 Å². The molecular weight excluding hydrogens is 301 g/mol. The number of ether oxygens (including phenoxy) is 1. The van der Waals surface area contributed by atoms with Gasteiger partial charge in [0, 0.05) is 23.1 Å². The Balaban J connectivity index is 1.95. The second-order valence-electron chi connectivity index (χ2n) is 4.91. The van der Waals surface area contributed by atoms with Crippen molar-refractivity contribution in [1.82, 2.24) is 0 Å². The molecule has 0 aliphatic heterocycles. The zero-order chi connectivity index (χ0) is 16.4. The highest BCUT2D eigenvalue weighted by Gasteiger charge is 2.20. The van der Waals surface area contributed by atoms with Gasteiger partial charge in [-0.1, -0.05) is 12.1 Å². The third kappa shape index (κ3) is 3.21. The van der Waals surface area contributed by atoms with Crippen LogP contribution >= 0.6 is 0 Å². The van der Waals surface area contributed by atoms with Gasteiger partial charge < -0.3 is 14.9 Å². The summed E-state index contributed by atoms with van der Waals surface area (Å²) in [6.07, 6.45) is -1.08. The summed E-state index contributed by atoms with van der Waals surface area (Å²) in [5.41, 5.74) is 5.63. The van der Waals surface area contributed by atoms with Crippen LogP contribution in [0.15, 0.2) is 63.8 Å². The summed E-state index contributed by atoms with van der Waals surface area (Å²) < 4.78 is 23.6. The number of primary amides is 1. The van der Waals surface area contributed by atoms with Gasteiger partial charge in [0.25, 0.3) is 5.91 Å². The number of hydrogen-bond acceptors (Lipinski definition) is 4. The molecule has 3 rings (SSSR count). The molecule has 0 unspecified atom stereocenters. The molecule has 0 fully saturated rings. The van der Waals surface area contributed by atoms with Crippen LogP contribution in [-0.4, -0.2) is 5.91 Å². The standard InChI is InChI=1S/C17H12FNO4/c18-12-5-1-11(2-6-12)16(17(19)21)22-13-7-3-10-4-8-15(20)23-14(10)9-13/h1-9,16H,(H2,19,21)/t16-/m0/s1. The van der Waals surface area contributed by atoms with Crippen LogP contribution in [0.1, 0.15) is 11.7 Å². The summed E-state index contributed by atoms with van der Waals surface area (Å²) in [6, 6.07) is 13.0. The van der Waals surface area contributed by atoms with E-state index >= 15 is 0 Å². The van der Waals surface area contributed by atoms with Gasteiger partial charge in [-0.25, -0.2) is 9.18 Å². The molecule has 3 aromatic rings. The number of nitrogens with two attached hydrogens (primary N) is 1. The van der Waals surface area contributed by atoms with Crippen LogP contribution in [0.2, 0.25) is 0 Å². The van der Waals surface area contributed by atoms with Crippen molar-refractivity contribution in [3.8, 4) is 5.75 Å². The lowest BCUT2D eigenvalue weighted by atomic mass is 10.1. The Hall–Kier alpha value is -3.15. The van der Waals surface area contributed by atoms with E-state index in [2.05, 4.69) is 0 Å². The molecule has 116 valence electrons. The maximum absolute atomic E-state index is 13.0. The van der Waals surface area contributed by atoms with Crippen LogP contribution in [0.5, 0.6) is 5.75 Å². The van der Waals surface area contributed by atoms with Gasteiger partial charge in [-0.2, -0.15) is 0 Å². The monoisotopic (exact) mass is 313 g/mol. The third-order valence-corrected chi connectivity index (χ3v) is 3.28.